The topological polar surface area (TPSA) is 50.4 Å². The highest BCUT2D eigenvalue weighted by atomic mass is 79.9. The monoisotopic (exact) mass is 356 g/mol. The van der Waals surface area contributed by atoms with Crippen LogP contribution in [0.4, 0.5) is 0 Å². The molecule has 6 heteroatoms. The van der Waals surface area contributed by atoms with Gasteiger partial charge in [0.05, 0.1) is 12.6 Å². The Kier molecular flexibility index (Phi) is 4.53. The number of halogens is 1. The summed E-state index contributed by atoms with van der Waals surface area (Å²) < 4.78 is 6.71. The van der Waals surface area contributed by atoms with Crippen LogP contribution in [0.2, 0.25) is 0 Å². The number of hydrogen-bond donors (Lipinski definition) is 2. The van der Waals surface area contributed by atoms with E-state index >= 15 is 0 Å². The maximum Gasteiger partial charge on any atom is 0.238 e. The van der Waals surface area contributed by atoms with Crippen LogP contribution in [0.3, 0.4) is 0 Å². The number of nitrogens with one attached hydrogen (secondary N) is 2. The van der Waals surface area contributed by atoms with Gasteiger partial charge in [0.25, 0.3) is 0 Å². The number of rotatable bonds is 3. The molecule has 3 rings (SSSR count). The Labute approximate surface area is 131 Å². The predicted molar refractivity (Wildman–Crippen MR) is 84.3 cm³/mol. The number of hydrogen-bond acceptors (Lipinski definition) is 4. The molecule has 0 aliphatic carbocycles. The highest BCUT2D eigenvalue weighted by molar-refractivity contribution is 9.10. The van der Waals surface area contributed by atoms with Crippen molar-refractivity contribution in [2.24, 2.45) is 0 Å². The summed E-state index contributed by atoms with van der Waals surface area (Å²) in [6.07, 6.45) is 0.941. The van der Waals surface area contributed by atoms with Crippen LogP contribution < -0.4 is 15.4 Å². The van der Waals surface area contributed by atoms with E-state index in [4.69, 9.17) is 4.74 Å². The number of benzene rings is 1. The SMILES string of the molecule is O=C(NCc1cc(Br)cc2c1OCC2)C1CSCCN1. The van der Waals surface area contributed by atoms with E-state index < -0.39 is 0 Å². The Morgan fingerprint density at radius 1 is 1.55 bits per heavy atom. The van der Waals surface area contributed by atoms with E-state index in [0.29, 0.717) is 6.54 Å². The Bertz CT molecular complexity index is 518. The molecule has 0 spiro atoms. The van der Waals surface area contributed by atoms with Gasteiger partial charge in [-0.15, -0.1) is 0 Å². The molecule has 1 unspecified atom stereocenters. The van der Waals surface area contributed by atoms with E-state index in [0.717, 1.165) is 46.9 Å². The fourth-order valence-corrected chi connectivity index (χ4v) is 4.00. The normalized spacial score (nSPS) is 21.1. The number of carbonyl (C=O) groups excluding carboxylic acids is 1. The smallest absolute Gasteiger partial charge is 0.238 e. The third kappa shape index (κ3) is 3.13. The number of thioether (sulfide) groups is 1. The molecular formula is C14H17BrN2O2S. The molecule has 1 amide bonds. The van der Waals surface area contributed by atoms with Crippen molar-refractivity contribution in [3.8, 4) is 5.75 Å². The fourth-order valence-electron chi connectivity index (χ4n) is 2.52. The molecule has 108 valence electrons. The molecule has 2 heterocycles. The molecule has 0 saturated carbocycles. The Morgan fingerprint density at radius 2 is 2.45 bits per heavy atom. The predicted octanol–water partition coefficient (Wildman–Crippen LogP) is 1.71. The minimum Gasteiger partial charge on any atom is -0.493 e. The first-order valence-corrected chi connectivity index (χ1v) is 8.72. The molecular weight excluding hydrogens is 340 g/mol. The lowest BCUT2D eigenvalue weighted by Crippen LogP contribution is -2.48. The van der Waals surface area contributed by atoms with E-state index in [1.165, 1.54) is 5.56 Å². The number of amides is 1. The van der Waals surface area contributed by atoms with Crippen molar-refractivity contribution in [3.05, 3.63) is 27.7 Å². The zero-order chi connectivity index (χ0) is 13.9. The molecule has 1 atom stereocenters. The quantitative estimate of drug-likeness (QED) is 0.865. The van der Waals surface area contributed by atoms with Crippen LogP contribution in [0.15, 0.2) is 16.6 Å². The van der Waals surface area contributed by atoms with Crippen molar-refractivity contribution in [1.29, 1.82) is 0 Å². The van der Waals surface area contributed by atoms with E-state index in [1.54, 1.807) is 0 Å². The second-order valence-corrected chi connectivity index (χ2v) is 7.02. The number of fused-ring (bicyclic) bond motifs is 1. The maximum atomic E-state index is 12.1. The average Bonchev–Trinajstić information content (AvgIpc) is 2.93. The molecule has 0 bridgehead atoms. The first-order chi connectivity index (χ1) is 9.74. The third-order valence-corrected chi connectivity index (χ3v) is 5.04. The van der Waals surface area contributed by atoms with Gasteiger partial charge >= 0.3 is 0 Å². The molecule has 2 N–H and O–H groups in total. The molecule has 0 radical (unpaired) electrons. The second-order valence-electron chi connectivity index (χ2n) is 4.95. The Morgan fingerprint density at radius 3 is 3.25 bits per heavy atom. The van der Waals surface area contributed by atoms with Crippen molar-refractivity contribution >= 4 is 33.6 Å². The first-order valence-electron chi connectivity index (χ1n) is 6.77. The first kappa shape index (κ1) is 14.2. The molecule has 1 aromatic carbocycles. The zero-order valence-electron chi connectivity index (χ0n) is 11.1. The van der Waals surface area contributed by atoms with Gasteiger partial charge < -0.3 is 15.4 Å². The van der Waals surface area contributed by atoms with Gasteiger partial charge in [0.1, 0.15) is 5.75 Å². The highest BCUT2D eigenvalue weighted by Crippen LogP contribution is 2.32. The van der Waals surface area contributed by atoms with E-state index in [9.17, 15) is 4.79 Å². The average molecular weight is 357 g/mol. The van der Waals surface area contributed by atoms with Gasteiger partial charge in [0.2, 0.25) is 5.91 Å². The summed E-state index contributed by atoms with van der Waals surface area (Å²) in [6.45, 7) is 2.15. The van der Waals surface area contributed by atoms with Crippen molar-refractivity contribution in [2.75, 3.05) is 24.7 Å². The molecule has 1 saturated heterocycles. The van der Waals surface area contributed by atoms with Crippen molar-refractivity contribution in [2.45, 2.75) is 19.0 Å². The fraction of sp³-hybridized carbons (Fsp3) is 0.500. The van der Waals surface area contributed by atoms with Crippen LogP contribution in [-0.2, 0) is 17.8 Å². The summed E-state index contributed by atoms with van der Waals surface area (Å²) in [5.74, 6) is 2.94. The van der Waals surface area contributed by atoms with E-state index in [-0.39, 0.29) is 11.9 Å². The van der Waals surface area contributed by atoms with Crippen molar-refractivity contribution in [3.63, 3.8) is 0 Å². The Balaban J connectivity index is 1.65. The summed E-state index contributed by atoms with van der Waals surface area (Å²) >= 11 is 5.34. The Hall–Kier alpha value is -0.720. The van der Waals surface area contributed by atoms with Crippen LogP contribution in [0.25, 0.3) is 0 Å². The summed E-state index contributed by atoms with van der Waals surface area (Å²) in [7, 11) is 0. The maximum absolute atomic E-state index is 12.1. The molecule has 4 nitrogen and oxygen atoms in total. The molecule has 1 fully saturated rings. The molecule has 2 aliphatic rings. The standard InChI is InChI=1S/C14H17BrN2O2S/c15-11-5-9-1-3-19-13(9)10(6-11)7-17-14(18)12-8-20-4-2-16-12/h5-6,12,16H,1-4,7-8H2,(H,17,18). The molecule has 0 aromatic heterocycles. The van der Waals surface area contributed by atoms with Crippen LogP contribution in [0.1, 0.15) is 11.1 Å². The van der Waals surface area contributed by atoms with Crippen LogP contribution in [0.5, 0.6) is 5.75 Å². The molecule has 2 aliphatic heterocycles. The molecule has 1 aromatic rings. The lowest BCUT2D eigenvalue weighted by molar-refractivity contribution is -0.122. The summed E-state index contributed by atoms with van der Waals surface area (Å²) in [4.78, 5) is 12.1. The summed E-state index contributed by atoms with van der Waals surface area (Å²) in [6, 6.07) is 4.04. The second kappa shape index (κ2) is 6.37. The van der Waals surface area contributed by atoms with E-state index in [1.807, 2.05) is 17.8 Å². The van der Waals surface area contributed by atoms with Gasteiger partial charge in [-0.3, -0.25) is 4.79 Å². The molecule has 20 heavy (non-hydrogen) atoms. The lowest BCUT2D eigenvalue weighted by Gasteiger charge is -2.22. The highest BCUT2D eigenvalue weighted by Gasteiger charge is 2.22. The summed E-state index contributed by atoms with van der Waals surface area (Å²) in [5.41, 5.74) is 2.26. The van der Waals surface area contributed by atoms with Crippen LogP contribution in [-0.4, -0.2) is 36.6 Å². The largest absolute Gasteiger partial charge is 0.493 e. The van der Waals surface area contributed by atoms with Gasteiger partial charge in [-0.2, -0.15) is 11.8 Å². The third-order valence-electron chi connectivity index (χ3n) is 3.52. The summed E-state index contributed by atoms with van der Waals surface area (Å²) in [5, 5.41) is 6.26. The minimum absolute atomic E-state index is 0.0731. The van der Waals surface area contributed by atoms with Crippen LogP contribution >= 0.6 is 27.7 Å². The van der Waals surface area contributed by atoms with Gasteiger partial charge in [0, 0.05) is 41.1 Å². The lowest BCUT2D eigenvalue weighted by atomic mass is 10.1. The minimum atomic E-state index is -0.0742. The van der Waals surface area contributed by atoms with Crippen molar-refractivity contribution in [1.82, 2.24) is 10.6 Å². The van der Waals surface area contributed by atoms with Crippen molar-refractivity contribution < 1.29 is 9.53 Å². The number of carbonyl (C=O) groups is 1. The van der Waals surface area contributed by atoms with Gasteiger partial charge in [-0.25, -0.2) is 0 Å². The van der Waals surface area contributed by atoms with Gasteiger partial charge in [0.15, 0.2) is 0 Å². The zero-order valence-corrected chi connectivity index (χ0v) is 13.5. The van der Waals surface area contributed by atoms with Gasteiger partial charge in [-0.1, -0.05) is 15.9 Å². The number of ether oxygens (including phenoxy) is 1. The van der Waals surface area contributed by atoms with Crippen LogP contribution in [0, 0.1) is 0 Å². The van der Waals surface area contributed by atoms with E-state index in [2.05, 4.69) is 32.6 Å². The van der Waals surface area contributed by atoms with Gasteiger partial charge in [-0.05, 0) is 17.7 Å².